The zero-order valence-corrected chi connectivity index (χ0v) is 12.2. The Bertz CT molecular complexity index is 819. The third kappa shape index (κ3) is 3.48. The highest BCUT2D eigenvalue weighted by Crippen LogP contribution is 2.25. The quantitative estimate of drug-likeness (QED) is 0.929. The number of hydrogen-bond donors (Lipinski definition) is 1. The SMILES string of the molecule is Cn1c(C#N)ccc1-c1ccc(CCS(N)(=O)=O)cc1F. The van der Waals surface area contributed by atoms with Crippen LogP contribution in [-0.4, -0.2) is 18.7 Å². The van der Waals surface area contributed by atoms with E-state index in [1.54, 1.807) is 35.9 Å². The topological polar surface area (TPSA) is 88.9 Å². The number of nitriles is 1. The number of benzene rings is 1. The fourth-order valence-corrected chi connectivity index (χ4v) is 2.60. The van der Waals surface area contributed by atoms with Crippen LogP contribution in [0.3, 0.4) is 0 Å². The largest absolute Gasteiger partial charge is 0.335 e. The van der Waals surface area contributed by atoms with Crippen molar-refractivity contribution in [2.24, 2.45) is 12.2 Å². The lowest BCUT2D eigenvalue weighted by molar-refractivity contribution is 0.596. The van der Waals surface area contributed by atoms with Crippen LogP contribution in [0.15, 0.2) is 30.3 Å². The summed E-state index contributed by atoms with van der Waals surface area (Å²) in [6.45, 7) is 0. The maximum absolute atomic E-state index is 14.2. The maximum atomic E-state index is 14.2. The van der Waals surface area contributed by atoms with Gasteiger partial charge in [-0.25, -0.2) is 17.9 Å². The summed E-state index contributed by atoms with van der Waals surface area (Å²) < 4.78 is 37.6. The molecule has 1 aromatic carbocycles. The van der Waals surface area contributed by atoms with Crippen LogP contribution in [0.25, 0.3) is 11.3 Å². The molecular formula is C14H14FN3O2S. The predicted molar refractivity (Wildman–Crippen MR) is 77.2 cm³/mol. The zero-order valence-electron chi connectivity index (χ0n) is 11.4. The number of primary sulfonamides is 1. The average Bonchev–Trinajstić information content (AvgIpc) is 2.77. The Morgan fingerprint density at radius 3 is 2.57 bits per heavy atom. The van der Waals surface area contributed by atoms with Crippen LogP contribution < -0.4 is 5.14 Å². The van der Waals surface area contributed by atoms with Gasteiger partial charge in [0, 0.05) is 12.6 Å². The molecule has 0 aliphatic rings. The first-order valence-electron chi connectivity index (χ1n) is 6.17. The third-order valence-electron chi connectivity index (χ3n) is 3.22. The van der Waals surface area contributed by atoms with E-state index in [0.717, 1.165) is 0 Å². The van der Waals surface area contributed by atoms with E-state index < -0.39 is 15.8 Å². The highest BCUT2D eigenvalue weighted by atomic mass is 32.2. The van der Waals surface area contributed by atoms with Crippen LogP contribution in [-0.2, 0) is 23.5 Å². The van der Waals surface area contributed by atoms with Crippen LogP contribution in [0.4, 0.5) is 4.39 Å². The number of hydrogen-bond acceptors (Lipinski definition) is 3. The third-order valence-corrected chi connectivity index (χ3v) is 3.99. The fourth-order valence-electron chi connectivity index (χ4n) is 2.08. The molecule has 1 heterocycles. The van der Waals surface area contributed by atoms with Crippen LogP contribution in [0.2, 0.25) is 0 Å². The van der Waals surface area contributed by atoms with Crippen molar-refractivity contribution in [2.45, 2.75) is 6.42 Å². The first-order valence-corrected chi connectivity index (χ1v) is 7.88. The molecule has 0 fully saturated rings. The van der Waals surface area contributed by atoms with Crippen molar-refractivity contribution in [1.82, 2.24) is 4.57 Å². The molecule has 0 saturated carbocycles. The molecule has 0 aliphatic carbocycles. The minimum Gasteiger partial charge on any atom is -0.335 e. The van der Waals surface area contributed by atoms with Gasteiger partial charge in [-0.1, -0.05) is 6.07 Å². The summed E-state index contributed by atoms with van der Waals surface area (Å²) in [5.41, 5.74) is 1.93. The molecule has 110 valence electrons. The van der Waals surface area contributed by atoms with E-state index in [4.69, 9.17) is 10.4 Å². The summed E-state index contributed by atoms with van der Waals surface area (Å²) in [6, 6.07) is 9.82. The molecule has 0 spiro atoms. The van der Waals surface area contributed by atoms with E-state index >= 15 is 0 Å². The summed E-state index contributed by atoms with van der Waals surface area (Å²) in [4.78, 5) is 0. The Kier molecular flexibility index (Phi) is 4.11. The monoisotopic (exact) mass is 307 g/mol. The van der Waals surface area contributed by atoms with E-state index in [9.17, 15) is 12.8 Å². The summed E-state index contributed by atoms with van der Waals surface area (Å²) >= 11 is 0. The van der Waals surface area contributed by atoms with Crippen molar-refractivity contribution in [2.75, 3.05) is 5.75 Å². The molecule has 0 radical (unpaired) electrons. The Labute approximate surface area is 122 Å². The van der Waals surface area contributed by atoms with Crippen LogP contribution >= 0.6 is 0 Å². The van der Waals surface area contributed by atoms with E-state index in [2.05, 4.69) is 0 Å². The normalized spacial score (nSPS) is 11.3. The molecule has 5 nitrogen and oxygen atoms in total. The number of nitrogens with two attached hydrogens (primary N) is 1. The number of aromatic nitrogens is 1. The summed E-state index contributed by atoms with van der Waals surface area (Å²) in [5.74, 6) is -0.693. The molecule has 0 atom stereocenters. The lowest BCUT2D eigenvalue weighted by atomic mass is 10.1. The molecule has 0 bridgehead atoms. The molecule has 0 aliphatic heterocycles. The van der Waals surface area contributed by atoms with Gasteiger partial charge in [-0.2, -0.15) is 5.26 Å². The van der Waals surface area contributed by atoms with Gasteiger partial charge in [-0.3, -0.25) is 0 Å². The van der Waals surface area contributed by atoms with Gasteiger partial charge in [-0.05, 0) is 36.2 Å². The summed E-state index contributed by atoms with van der Waals surface area (Å²) in [6.07, 6.45) is 0.159. The smallest absolute Gasteiger partial charge is 0.209 e. The van der Waals surface area contributed by atoms with Crippen LogP contribution in [0.5, 0.6) is 0 Å². The fraction of sp³-hybridized carbons (Fsp3) is 0.214. The van der Waals surface area contributed by atoms with Gasteiger partial charge in [-0.15, -0.1) is 0 Å². The second-order valence-corrected chi connectivity index (χ2v) is 6.44. The lowest BCUT2D eigenvalue weighted by Crippen LogP contribution is -2.18. The Balaban J connectivity index is 2.31. The Hall–Kier alpha value is -2.17. The molecular weight excluding hydrogens is 293 g/mol. The molecule has 2 rings (SSSR count). The predicted octanol–water partition coefficient (Wildman–Crippen LogP) is 1.53. The second-order valence-electron chi connectivity index (χ2n) is 4.71. The van der Waals surface area contributed by atoms with E-state index in [0.29, 0.717) is 22.5 Å². The van der Waals surface area contributed by atoms with Gasteiger partial charge in [0.1, 0.15) is 17.6 Å². The van der Waals surface area contributed by atoms with Crippen molar-refractivity contribution in [3.8, 4) is 17.3 Å². The zero-order chi connectivity index (χ0) is 15.6. The molecule has 0 saturated heterocycles. The molecule has 2 aromatic rings. The van der Waals surface area contributed by atoms with Gasteiger partial charge in [0.25, 0.3) is 0 Å². The average molecular weight is 307 g/mol. The van der Waals surface area contributed by atoms with Gasteiger partial charge in [0.05, 0.1) is 11.4 Å². The molecule has 0 amide bonds. The summed E-state index contributed by atoms with van der Waals surface area (Å²) in [7, 11) is -1.88. The number of aryl methyl sites for hydroxylation is 1. The number of sulfonamides is 1. The van der Waals surface area contributed by atoms with Crippen LogP contribution in [0.1, 0.15) is 11.3 Å². The van der Waals surface area contributed by atoms with Crippen molar-refractivity contribution in [3.05, 3.63) is 47.4 Å². The van der Waals surface area contributed by atoms with Crippen molar-refractivity contribution < 1.29 is 12.8 Å². The first kappa shape index (κ1) is 15.2. The minimum absolute atomic E-state index is 0.159. The molecule has 7 heteroatoms. The van der Waals surface area contributed by atoms with E-state index in [-0.39, 0.29) is 12.2 Å². The number of nitrogens with zero attached hydrogens (tertiary/aromatic N) is 2. The molecule has 2 N–H and O–H groups in total. The number of rotatable bonds is 4. The van der Waals surface area contributed by atoms with Crippen molar-refractivity contribution in [3.63, 3.8) is 0 Å². The number of halogens is 1. The van der Waals surface area contributed by atoms with E-state index in [1.807, 2.05) is 6.07 Å². The minimum atomic E-state index is -3.57. The van der Waals surface area contributed by atoms with Crippen molar-refractivity contribution >= 4 is 10.0 Å². The molecule has 1 aromatic heterocycles. The van der Waals surface area contributed by atoms with E-state index in [1.165, 1.54) is 6.07 Å². The highest BCUT2D eigenvalue weighted by Gasteiger charge is 2.12. The molecule has 0 unspecified atom stereocenters. The first-order chi connectivity index (χ1) is 9.81. The second kappa shape index (κ2) is 5.68. The van der Waals surface area contributed by atoms with Gasteiger partial charge >= 0.3 is 0 Å². The Morgan fingerprint density at radius 2 is 2.05 bits per heavy atom. The van der Waals surface area contributed by atoms with Crippen molar-refractivity contribution in [1.29, 1.82) is 5.26 Å². The Morgan fingerprint density at radius 1 is 1.33 bits per heavy atom. The maximum Gasteiger partial charge on any atom is 0.209 e. The van der Waals surface area contributed by atoms with Gasteiger partial charge in [0.15, 0.2) is 0 Å². The van der Waals surface area contributed by atoms with Crippen LogP contribution in [0, 0.1) is 17.1 Å². The molecule has 21 heavy (non-hydrogen) atoms. The summed E-state index contributed by atoms with van der Waals surface area (Å²) in [5, 5.41) is 13.8. The lowest BCUT2D eigenvalue weighted by Gasteiger charge is -2.08. The standard InChI is InChI=1S/C14H14FN3O2S/c1-18-11(9-16)3-5-14(18)12-4-2-10(8-13(12)15)6-7-21(17,19)20/h2-5,8H,6-7H2,1H3,(H2,17,19,20). The van der Waals surface area contributed by atoms with Gasteiger partial charge in [0.2, 0.25) is 10.0 Å². The highest BCUT2D eigenvalue weighted by molar-refractivity contribution is 7.89. The van der Waals surface area contributed by atoms with Gasteiger partial charge < -0.3 is 4.57 Å².